The first-order valence-electron chi connectivity index (χ1n) is 10.6. The Morgan fingerprint density at radius 2 is 1.69 bits per heavy atom. The van der Waals surface area contributed by atoms with E-state index in [-0.39, 0.29) is 5.69 Å². The summed E-state index contributed by atoms with van der Waals surface area (Å²) in [5.74, 6) is 0.894. The molecule has 0 spiro atoms. The first kappa shape index (κ1) is 17.8. The molecule has 1 N–H and O–H groups in total. The van der Waals surface area contributed by atoms with Crippen LogP contribution in [0.1, 0.15) is 69.4 Å². The maximum Gasteiger partial charge on any atom is 0.326 e. The molecule has 0 atom stereocenters. The van der Waals surface area contributed by atoms with Crippen LogP contribution in [-0.4, -0.2) is 34.1 Å². The summed E-state index contributed by atoms with van der Waals surface area (Å²) in [4.78, 5) is 18.2. The molecular formula is C22H33N3O. The lowest BCUT2D eigenvalue weighted by Gasteiger charge is -2.35. The topological polar surface area (TPSA) is 41.0 Å². The number of aromatic amines is 1. The Bertz CT molecular complexity index is 774. The van der Waals surface area contributed by atoms with Gasteiger partial charge in [0.25, 0.3) is 0 Å². The van der Waals surface area contributed by atoms with Crippen molar-refractivity contribution in [2.45, 2.75) is 70.8 Å². The standard InChI is InChI=1S/C22H33N3O/c1-17-9-10-21-20(15-17)23-22(26)25(21)19-11-13-24(14-12-19)16-18-7-5-3-2-4-6-8-18/h9-10,15,18-19H,2-8,11-14,16H2,1H3,(H,23,26). The number of hydrogen-bond donors (Lipinski definition) is 1. The first-order chi connectivity index (χ1) is 12.7. The van der Waals surface area contributed by atoms with Crippen molar-refractivity contribution in [1.82, 2.24) is 14.5 Å². The van der Waals surface area contributed by atoms with Gasteiger partial charge >= 0.3 is 5.69 Å². The number of imidazole rings is 1. The van der Waals surface area contributed by atoms with Crippen molar-refractivity contribution in [3.8, 4) is 0 Å². The number of nitrogens with one attached hydrogen (secondary N) is 1. The second-order valence-corrected chi connectivity index (χ2v) is 8.56. The molecule has 4 rings (SSSR count). The normalized spacial score (nSPS) is 21.7. The lowest BCUT2D eigenvalue weighted by molar-refractivity contribution is 0.152. The highest BCUT2D eigenvalue weighted by atomic mass is 16.1. The van der Waals surface area contributed by atoms with E-state index in [0.29, 0.717) is 6.04 Å². The van der Waals surface area contributed by atoms with Crippen molar-refractivity contribution in [2.75, 3.05) is 19.6 Å². The molecule has 1 saturated heterocycles. The fourth-order valence-electron chi connectivity index (χ4n) is 5.06. The predicted octanol–water partition coefficient (Wildman–Crippen LogP) is 4.64. The zero-order chi connectivity index (χ0) is 17.9. The molecule has 1 saturated carbocycles. The lowest BCUT2D eigenvalue weighted by Crippen LogP contribution is -2.39. The molecule has 4 nitrogen and oxygen atoms in total. The number of fused-ring (bicyclic) bond motifs is 1. The molecule has 2 aliphatic rings. The fourth-order valence-corrected chi connectivity index (χ4v) is 5.06. The average Bonchev–Trinajstić information content (AvgIpc) is 2.93. The van der Waals surface area contributed by atoms with Gasteiger partial charge < -0.3 is 9.88 Å². The van der Waals surface area contributed by atoms with E-state index < -0.39 is 0 Å². The summed E-state index contributed by atoms with van der Waals surface area (Å²) in [6.07, 6.45) is 12.2. The van der Waals surface area contributed by atoms with E-state index in [1.807, 2.05) is 4.57 Å². The Balaban J connectivity index is 1.39. The summed E-state index contributed by atoms with van der Waals surface area (Å²) in [6.45, 7) is 5.61. The van der Waals surface area contributed by atoms with Crippen LogP contribution in [-0.2, 0) is 0 Å². The van der Waals surface area contributed by atoms with Crippen molar-refractivity contribution in [3.05, 3.63) is 34.2 Å². The highest BCUT2D eigenvalue weighted by Crippen LogP contribution is 2.28. The number of hydrogen-bond acceptors (Lipinski definition) is 2. The number of aryl methyl sites for hydroxylation is 1. The smallest absolute Gasteiger partial charge is 0.306 e. The summed E-state index contributed by atoms with van der Waals surface area (Å²) in [5.41, 5.74) is 3.30. The first-order valence-corrected chi connectivity index (χ1v) is 10.6. The van der Waals surface area contributed by atoms with Gasteiger partial charge in [-0.3, -0.25) is 4.57 Å². The van der Waals surface area contributed by atoms with E-state index in [4.69, 9.17) is 0 Å². The molecule has 26 heavy (non-hydrogen) atoms. The summed E-state index contributed by atoms with van der Waals surface area (Å²) >= 11 is 0. The molecule has 0 amide bonds. The molecule has 0 bridgehead atoms. The Labute approximate surface area is 156 Å². The van der Waals surface area contributed by atoms with Crippen molar-refractivity contribution < 1.29 is 0 Å². The van der Waals surface area contributed by atoms with Gasteiger partial charge in [0.15, 0.2) is 0 Å². The Hall–Kier alpha value is -1.55. The Kier molecular flexibility index (Phi) is 5.49. The molecule has 1 aliphatic carbocycles. The number of nitrogens with zero attached hydrogens (tertiary/aromatic N) is 2. The quantitative estimate of drug-likeness (QED) is 0.872. The fraction of sp³-hybridized carbons (Fsp3) is 0.682. The molecule has 2 fully saturated rings. The Morgan fingerprint density at radius 3 is 2.42 bits per heavy atom. The van der Waals surface area contributed by atoms with Crippen molar-refractivity contribution in [1.29, 1.82) is 0 Å². The summed E-state index contributed by atoms with van der Waals surface area (Å²) in [7, 11) is 0. The van der Waals surface area contributed by atoms with E-state index >= 15 is 0 Å². The van der Waals surface area contributed by atoms with Gasteiger partial charge in [0, 0.05) is 25.7 Å². The van der Waals surface area contributed by atoms with E-state index in [1.54, 1.807) is 0 Å². The van der Waals surface area contributed by atoms with Gasteiger partial charge in [-0.1, -0.05) is 38.2 Å². The van der Waals surface area contributed by atoms with E-state index in [0.717, 1.165) is 42.9 Å². The highest BCUT2D eigenvalue weighted by Gasteiger charge is 2.25. The van der Waals surface area contributed by atoms with E-state index in [2.05, 4.69) is 35.0 Å². The SMILES string of the molecule is Cc1ccc2c(c1)[nH]c(=O)n2C1CCN(CC2CCCCCCC2)CC1. The zero-order valence-electron chi connectivity index (χ0n) is 16.2. The van der Waals surface area contributed by atoms with Gasteiger partial charge in [-0.25, -0.2) is 4.79 Å². The molecule has 0 unspecified atom stereocenters. The third kappa shape index (κ3) is 3.90. The van der Waals surface area contributed by atoms with Crippen LogP contribution in [0.2, 0.25) is 0 Å². The number of piperidine rings is 1. The summed E-state index contributed by atoms with van der Waals surface area (Å²) < 4.78 is 2.02. The Morgan fingerprint density at radius 1 is 1.00 bits per heavy atom. The maximum absolute atomic E-state index is 12.5. The van der Waals surface area contributed by atoms with Crippen LogP contribution in [0.25, 0.3) is 11.0 Å². The summed E-state index contributed by atoms with van der Waals surface area (Å²) in [6, 6.07) is 6.63. The second-order valence-electron chi connectivity index (χ2n) is 8.56. The minimum Gasteiger partial charge on any atom is -0.306 e. The molecule has 2 aromatic rings. The second kappa shape index (κ2) is 7.99. The monoisotopic (exact) mass is 355 g/mol. The third-order valence-electron chi connectivity index (χ3n) is 6.54. The predicted molar refractivity (Wildman–Crippen MR) is 108 cm³/mol. The van der Waals surface area contributed by atoms with Crippen molar-refractivity contribution in [3.63, 3.8) is 0 Å². The van der Waals surface area contributed by atoms with Crippen LogP contribution in [0.4, 0.5) is 0 Å². The number of aromatic nitrogens is 2. The van der Waals surface area contributed by atoms with Gasteiger partial charge in [0.05, 0.1) is 11.0 Å². The zero-order valence-corrected chi connectivity index (χ0v) is 16.2. The summed E-state index contributed by atoms with van der Waals surface area (Å²) in [5, 5.41) is 0. The van der Waals surface area contributed by atoms with Crippen LogP contribution >= 0.6 is 0 Å². The largest absolute Gasteiger partial charge is 0.326 e. The number of likely N-dealkylation sites (tertiary alicyclic amines) is 1. The molecule has 1 aliphatic heterocycles. The third-order valence-corrected chi connectivity index (χ3v) is 6.54. The van der Waals surface area contributed by atoms with E-state index in [1.165, 1.54) is 57.1 Å². The molecular weight excluding hydrogens is 322 g/mol. The highest BCUT2D eigenvalue weighted by molar-refractivity contribution is 5.76. The van der Waals surface area contributed by atoms with Gasteiger partial charge in [-0.15, -0.1) is 0 Å². The van der Waals surface area contributed by atoms with Crippen LogP contribution in [0.5, 0.6) is 0 Å². The van der Waals surface area contributed by atoms with Crippen LogP contribution in [0, 0.1) is 12.8 Å². The van der Waals surface area contributed by atoms with Gasteiger partial charge in [-0.2, -0.15) is 0 Å². The molecule has 2 heterocycles. The van der Waals surface area contributed by atoms with Crippen LogP contribution < -0.4 is 5.69 Å². The number of H-pyrrole nitrogens is 1. The van der Waals surface area contributed by atoms with Gasteiger partial charge in [0.2, 0.25) is 0 Å². The minimum atomic E-state index is 0.0593. The van der Waals surface area contributed by atoms with E-state index in [9.17, 15) is 4.79 Å². The minimum absolute atomic E-state index is 0.0593. The number of rotatable bonds is 3. The van der Waals surface area contributed by atoms with Gasteiger partial charge in [-0.05, 0) is 56.2 Å². The van der Waals surface area contributed by atoms with Gasteiger partial charge in [0.1, 0.15) is 0 Å². The van der Waals surface area contributed by atoms with Crippen LogP contribution in [0.3, 0.4) is 0 Å². The molecule has 1 aromatic heterocycles. The van der Waals surface area contributed by atoms with Crippen LogP contribution in [0.15, 0.2) is 23.0 Å². The molecule has 0 radical (unpaired) electrons. The lowest BCUT2D eigenvalue weighted by atomic mass is 9.90. The molecule has 142 valence electrons. The average molecular weight is 356 g/mol. The molecule has 1 aromatic carbocycles. The molecule has 4 heteroatoms. The number of benzene rings is 1. The maximum atomic E-state index is 12.5. The van der Waals surface area contributed by atoms with Crippen molar-refractivity contribution >= 4 is 11.0 Å². The van der Waals surface area contributed by atoms with Crippen molar-refractivity contribution in [2.24, 2.45) is 5.92 Å².